The van der Waals surface area contributed by atoms with Crippen LogP contribution in [0.25, 0.3) is 5.69 Å². The first-order valence-electron chi connectivity index (χ1n) is 10.8. The zero-order valence-corrected chi connectivity index (χ0v) is 20.1. The van der Waals surface area contributed by atoms with Crippen molar-refractivity contribution in [2.24, 2.45) is 5.73 Å². The number of halogens is 1. The van der Waals surface area contributed by atoms with E-state index in [9.17, 15) is 10.1 Å². The van der Waals surface area contributed by atoms with E-state index in [0.29, 0.717) is 40.1 Å². The van der Waals surface area contributed by atoms with Gasteiger partial charge in [-0.05, 0) is 37.6 Å². The number of carbonyl (C=O) groups excluding carboxylic acids is 1. The molecule has 10 heteroatoms. The van der Waals surface area contributed by atoms with Crippen LogP contribution < -0.4 is 19.9 Å². The van der Waals surface area contributed by atoms with E-state index in [0.717, 1.165) is 5.69 Å². The fourth-order valence-electron chi connectivity index (χ4n) is 3.92. The van der Waals surface area contributed by atoms with Gasteiger partial charge in [0.1, 0.15) is 11.6 Å². The smallest absolute Gasteiger partial charge is 0.343 e. The molecule has 1 aromatic heterocycles. The van der Waals surface area contributed by atoms with Gasteiger partial charge < -0.3 is 24.7 Å². The zero-order valence-electron chi connectivity index (χ0n) is 19.4. The molecule has 0 radical (unpaired) electrons. The van der Waals surface area contributed by atoms with E-state index >= 15 is 0 Å². The predicted octanol–water partition coefficient (Wildman–Crippen LogP) is 4.00. The number of benzene rings is 2. The molecule has 180 valence electrons. The average Bonchev–Trinajstić information content (AvgIpc) is 3.19. The lowest BCUT2D eigenvalue weighted by atomic mass is 9.84. The number of nitrogens with two attached hydrogens (primary N) is 1. The van der Waals surface area contributed by atoms with Gasteiger partial charge in [0.05, 0.1) is 36.6 Å². The van der Waals surface area contributed by atoms with Crippen LogP contribution in [0.1, 0.15) is 29.7 Å². The molecule has 35 heavy (non-hydrogen) atoms. The topological polar surface area (TPSA) is 122 Å². The molecule has 4 rings (SSSR count). The number of methoxy groups -OCH3 is 1. The van der Waals surface area contributed by atoms with Crippen molar-refractivity contribution in [2.45, 2.75) is 19.8 Å². The Labute approximate surface area is 207 Å². The highest BCUT2D eigenvalue weighted by Crippen LogP contribution is 2.48. The minimum absolute atomic E-state index is 0.0397. The van der Waals surface area contributed by atoms with Gasteiger partial charge in [-0.3, -0.25) is 0 Å². The highest BCUT2D eigenvalue weighted by Gasteiger charge is 2.37. The van der Waals surface area contributed by atoms with Crippen molar-refractivity contribution in [3.8, 4) is 29.1 Å². The lowest BCUT2D eigenvalue weighted by Gasteiger charge is -2.26. The highest BCUT2D eigenvalue weighted by molar-refractivity contribution is 6.31. The van der Waals surface area contributed by atoms with Gasteiger partial charge in [-0.25, -0.2) is 9.48 Å². The van der Waals surface area contributed by atoms with E-state index in [1.807, 2.05) is 44.2 Å². The standard InChI is InChI=1S/C25H23ClN4O5/c1-4-33-19-10-16(18(26)11-20(19)34-13-21(31)32-3)23-17(12-27)24(28)35-25-22(23)14(2)29-30(25)15-8-6-5-7-9-15/h5-11,23H,4,13,28H2,1-3H3/t23-/m0/s1. The van der Waals surface area contributed by atoms with Gasteiger partial charge in [-0.1, -0.05) is 29.8 Å². The predicted molar refractivity (Wildman–Crippen MR) is 128 cm³/mol. The Bertz CT molecular complexity index is 1340. The first kappa shape index (κ1) is 24.0. The molecule has 0 bridgehead atoms. The first-order valence-corrected chi connectivity index (χ1v) is 11.2. The van der Waals surface area contributed by atoms with Crippen molar-refractivity contribution < 1.29 is 23.7 Å². The van der Waals surface area contributed by atoms with Crippen LogP contribution in [0.5, 0.6) is 17.4 Å². The van der Waals surface area contributed by atoms with Crippen LogP contribution in [0.3, 0.4) is 0 Å². The number of nitrogens with zero attached hydrogens (tertiary/aromatic N) is 3. The monoisotopic (exact) mass is 494 g/mol. The SMILES string of the molecule is CCOc1cc([C@H]2C(C#N)=C(N)Oc3c2c(C)nn3-c2ccccc2)c(Cl)cc1OCC(=O)OC. The molecule has 1 atom stereocenters. The number of allylic oxidation sites excluding steroid dienone is 1. The van der Waals surface area contributed by atoms with Gasteiger partial charge in [0.2, 0.25) is 11.8 Å². The molecule has 9 nitrogen and oxygen atoms in total. The maximum atomic E-state index is 11.6. The van der Waals surface area contributed by atoms with Crippen molar-refractivity contribution in [3.05, 3.63) is 75.8 Å². The molecular formula is C25H23ClN4O5. The number of hydrogen-bond acceptors (Lipinski definition) is 8. The zero-order chi connectivity index (χ0) is 25.1. The molecule has 0 fully saturated rings. The number of fused-ring (bicyclic) bond motifs is 1. The normalized spacial score (nSPS) is 14.5. The quantitative estimate of drug-likeness (QED) is 0.489. The van der Waals surface area contributed by atoms with Crippen LogP contribution in [-0.4, -0.2) is 36.1 Å². The maximum Gasteiger partial charge on any atom is 0.343 e. The molecule has 0 aliphatic carbocycles. The second-order valence-corrected chi connectivity index (χ2v) is 8.00. The lowest BCUT2D eigenvalue weighted by Crippen LogP contribution is -2.22. The van der Waals surface area contributed by atoms with Gasteiger partial charge in [0.15, 0.2) is 18.1 Å². The largest absolute Gasteiger partial charge is 0.490 e. The second-order valence-electron chi connectivity index (χ2n) is 7.59. The molecular weight excluding hydrogens is 472 g/mol. The summed E-state index contributed by atoms with van der Waals surface area (Å²) in [6.07, 6.45) is 0. The summed E-state index contributed by atoms with van der Waals surface area (Å²) in [5, 5.41) is 14.9. The summed E-state index contributed by atoms with van der Waals surface area (Å²) in [6, 6.07) is 14.8. The number of nitriles is 1. The number of rotatable bonds is 7. The summed E-state index contributed by atoms with van der Waals surface area (Å²) in [4.78, 5) is 11.6. The van der Waals surface area contributed by atoms with Crippen molar-refractivity contribution in [3.63, 3.8) is 0 Å². The molecule has 1 aliphatic heterocycles. The third-order valence-corrected chi connectivity index (χ3v) is 5.81. The summed E-state index contributed by atoms with van der Waals surface area (Å²) in [5.74, 6) is -0.230. The van der Waals surface area contributed by atoms with Gasteiger partial charge >= 0.3 is 5.97 Å². The van der Waals surface area contributed by atoms with Gasteiger partial charge in [0.25, 0.3) is 0 Å². The minimum atomic E-state index is -0.664. The summed E-state index contributed by atoms with van der Waals surface area (Å²) in [5.41, 5.74) is 9.04. The van der Waals surface area contributed by atoms with Crippen LogP contribution >= 0.6 is 11.6 Å². The van der Waals surface area contributed by atoms with E-state index in [2.05, 4.69) is 15.9 Å². The third kappa shape index (κ3) is 4.48. The summed E-state index contributed by atoms with van der Waals surface area (Å²) in [6.45, 7) is 3.67. The number of para-hydroxylation sites is 1. The Morgan fingerprint density at radius 1 is 1.26 bits per heavy atom. The molecule has 1 aliphatic rings. The van der Waals surface area contributed by atoms with Crippen LogP contribution in [-0.2, 0) is 9.53 Å². The first-order chi connectivity index (χ1) is 16.9. The fraction of sp³-hybridized carbons (Fsp3) is 0.240. The molecule has 0 saturated carbocycles. The van der Waals surface area contributed by atoms with Crippen molar-refractivity contribution >= 4 is 17.6 Å². The van der Waals surface area contributed by atoms with Crippen LogP contribution in [0.4, 0.5) is 0 Å². The number of aromatic nitrogens is 2. The van der Waals surface area contributed by atoms with E-state index in [1.165, 1.54) is 7.11 Å². The minimum Gasteiger partial charge on any atom is -0.490 e. The number of carbonyl (C=O) groups is 1. The Morgan fingerprint density at radius 3 is 2.63 bits per heavy atom. The second kappa shape index (κ2) is 9.99. The van der Waals surface area contributed by atoms with E-state index < -0.39 is 11.9 Å². The van der Waals surface area contributed by atoms with Crippen molar-refractivity contribution in [1.29, 1.82) is 5.26 Å². The molecule has 0 spiro atoms. The van der Waals surface area contributed by atoms with E-state index in [-0.39, 0.29) is 23.8 Å². The van der Waals surface area contributed by atoms with Crippen molar-refractivity contribution in [1.82, 2.24) is 9.78 Å². The Morgan fingerprint density at radius 2 is 1.97 bits per heavy atom. The fourth-order valence-corrected chi connectivity index (χ4v) is 4.18. The Kier molecular flexibility index (Phi) is 6.85. The number of hydrogen-bond donors (Lipinski definition) is 1. The summed E-state index contributed by atoms with van der Waals surface area (Å²) < 4.78 is 23.5. The molecule has 0 amide bonds. The van der Waals surface area contributed by atoms with E-state index in [1.54, 1.807) is 16.8 Å². The van der Waals surface area contributed by atoms with E-state index in [4.69, 9.17) is 31.5 Å². The van der Waals surface area contributed by atoms with Gasteiger partial charge in [0, 0.05) is 11.1 Å². The van der Waals surface area contributed by atoms with Gasteiger partial charge in [-0.15, -0.1) is 0 Å². The van der Waals surface area contributed by atoms with Crippen LogP contribution in [0.15, 0.2) is 53.9 Å². The van der Waals surface area contributed by atoms with Gasteiger partial charge in [-0.2, -0.15) is 10.4 Å². The number of esters is 1. The van der Waals surface area contributed by atoms with Crippen molar-refractivity contribution in [2.75, 3.05) is 20.3 Å². The summed E-state index contributed by atoms with van der Waals surface area (Å²) in [7, 11) is 1.27. The molecule has 3 aromatic rings. The molecule has 0 unspecified atom stereocenters. The maximum absolute atomic E-state index is 11.6. The molecule has 2 heterocycles. The Balaban J connectivity index is 1.88. The third-order valence-electron chi connectivity index (χ3n) is 5.48. The highest BCUT2D eigenvalue weighted by atomic mass is 35.5. The Hall–Kier alpha value is -4.16. The molecule has 0 saturated heterocycles. The lowest BCUT2D eigenvalue weighted by molar-refractivity contribution is -0.142. The van der Waals surface area contributed by atoms with Crippen LogP contribution in [0, 0.1) is 18.3 Å². The van der Waals surface area contributed by atoms with Crippen LogP contribution in [0.2, 0.25) is 5.02 Å². The summed E-state index contributed by atoms with van der Waals surface area (Å²) >= 11 is 6.70. The average molecular weight is 495 g/mol. The number of aryl methyl sites for hydroxylation is 1. The molecule has 2 aromatic carbocycles. The molecule has 2 N–H and O–H groups in total. The number of ether oxygens (including phenoxy) is 4.